The molecule has 1 fully saturated rings. The Balaban J connectivity index is 1.56. The molecule has 0 bridgehead atoms. The Morgan fingerprint density at radius 3 is 2.31 bits per heavy atom. The van der Waals surface area contributed by atoms with E-state index in [4.69, 9.17) is 9.15 Å². The van der Waals surface area contributed by atoms with E-state index in [9.17, 15) is 4.79 Å². The summed E-state index contributed by atoms with van der Waals surface area (Å²) in [6.45, 7) is 2.29. The molecule has 32 heavy (non-hydrogen) atoms. The second-order valence-corrected chi connectivity index (χ2v) is 8.37. The van der Waals surface area contributed by atoms with Gasteiger partial charge in [-0.25, -0.2) is 0 Å². The van der Waals surface area contributed by atoms with E-state index < -0.39 is 5.25 Å². The summed E-state index contributed by atoms with van der Waals surface area (Å²) in [7, 11) is 0. The van der Waals surface area contributed by atoms with Gasteiger partial charge in [0.25, 0.3) is 0 Å². The molecule has 0 aliphatic carbocycles. The number of carbonyl (C=O) groups is 1. The summed E-state index contributed by atoms with van der Waals surface area (Å²) in [5, 5.41) is 9.04. The van der Waals surface area contributed by atoms with Crippen LogP contribution < -0.4 is 0 Å². The van der Waals surface area contributed by atoms with Crippen LogP contribution in [0.4, 0.5) is 0 Å². The highest BCUT2D eigenvalue weighted by Crippen LogP contribution is 2.38. The normalized spacial score (nSPS) is 14.9. The number of benzene rings is 2. The number of morpholine rings is 1. The lowest BCUT2D eigenvalue weighted by atomic mass is 10.1. The summed E-state index contributed by atoms with van der Waals surface area (Å²) in [5.41, 5.74) is 1.83. The van der Waals surface area contributed by atoms with Crippen molar-refractivity contribution < 1.29 is 13.9 Å². The number of thioether (sulfide) groups is 1. The topological polar surface area (TPSA) is 73.4 Å². The van der Waals surface area contributed by atoms with Crippen molar-refractivity contribution in [2.75, 3.05) is 26.3 Å². The van der Waals surface area contributed by atoms with Gasteiger partial charge < -0.3 is 14.1 Å². The Hall–Kier alpha value is -3.36. The SMILES string of the molecule is O=C([C@@H](Sc1nnc(-c2ccco2)n1-c1ccccc1)c1ccccc1)N1CCOCC1. The number of hydrogen-bond acceptors (Lipinski definition) is 6. The van der Waals surface area contributed by atoms with Gasteiger partial charge in [0.1, 0.15) is 5.25 Å². The number of carbonyl (C=O) groups excluding carboxylic acids is 1. The van der Waals surface area contributed by atoms with Gasteiger partial charge in [0.15, 0.2) is 10.9 Å². The Morgan fingerprint density at radius 2 is 1.62 bits per heavy atom. The first-order chi connectivity index (χ1) is 15.8. The molecule has 5 rings (SSSR count). The molecule has 1 atom stereocenters. The maximum atomic E-state index is 13.6. The van der Waals surface area contributed by atoms with Gasteiger partial charge in [-0.1, -0.05) is 60.3 Å². The van der Waals surface area contributed by atoms with Crippen LogP contribution in [0, 0.1) is 0 Å². The first-order valence-electron chi connectivity index (χ1n) is 10.4. The van der Waals surface area contributed by atoms with E-state index in [0.717, 1.165) is 11.3 Å². The zero-order chi connectivity index (χ0) is 21.8. The second kappa shape index (κ2) is 9.42. The van der Waals surface area contributed by atoms with Gasteiger partial charge in [-0.05, 0) is 29.8 Å². The molecule has 0 spiro atoms. The van der Waals surface area contributed by atoms with Crippen molar-refractivity contribution in [3.8, 4) is 17.3 Å². The molecule has 8 heteroatoms. The zero-order valence-corrected chi connectivity index (χ0v) is 18.1. The maximum absolute atomic E-state index is 13.6. The van der Waals surface area contributed by atoms with E-state index in [-0.39, 0.29) is 5.91 Å². The smallest absolute Gasteiger partial charge is 0.240 e. The minimum atomic E-state index is -0.453. The van der Waals surface area contributed by atoms with Gasteiger partial charge in [0.2, 0.25) is 11.7 Å². The Kier molecular flexibility index (Phi) is 6.04. The molecule has 0 unspecified atom stereocenters. The molecule has 0 radical (unpaired) electrons. The van der Waals surface area contributed by atoms with E-state index in [1.54, 1.807) is 6.26 Å². The van der Waals surface area contributed by atoms with Crippen molar-refractivity contribution in [3.63, 3.8) is 0 Å². The number of ether oxygens (including phenoxy) is 1. The van der Waals surface area contributed by atoms with Crippen molar-refractivity contribution in [1.29, 1.82) is 0 Å². The number of para-hydroxylation sites is 1. The number of nitrogens with zero attached hydrogens (tertiary/aromatic N) is 4. The van der Waals surface area contributed by atoms with Crippen LogP contribution in [0.3, 0.4) is 0 Å². The van der Waals surface area contributed by atoms with Crippen LogP contribution in [-0.2, 0) is 9.53 Å². The molecule has 2 aromatic carbocycles. The summed E-state index contributed by atoms with van der Waals surface area (Å²) in [4.78, 5) is 15.4. The molecular weight excluding hydrogens is 424 g/mol. The molecule has 162 valence electrons. The predicted molar refractivity (Wildman–Crippen MR) is 122 cm³/mol. The van der Waals surface area contributed by atoms with E-state index in [2.05, 4.69) is 10.2 Å². The molecule has 1 amide bonds. The number of hydrogen-bond donors (Lipinski definition) is 0. The van der Waals surface area contributed by atoms with Crippen molar-refractivity contribution in [2.45, 2.75) is 10.4 Å². The number of furan rings is 1. The third-order valence-corrected chi connectivity index (χ3v) is 6.45. The maximum Gasteiger partial charge on any atom is 0.240 e. The molecule has 0 saturated carbocycles. The first kappa shape index (κ1) is 20.5. The molecule has 1 aliphatic rings. The second-order valence-electron chi connectivity index (χ2n) is 7.30. The Bertz CT molecular complexity index is 1160. The fourth-order valence-corrected chi connectivity index (χ4v) is 4.80. The summed E-state index contributed by atoms with van der Waals surface area (Å²) in [6, 6.07) is 23.3. The summed E-state index contributed by atoms with van der Waals surface area (Å²) < 4.78 is 13.0. The largest absolute Gasteiger partial charge is 0.461 e. The van der Waals surface area contributed by atoms with Gasteiger partial charge >= 0.3 is 0 Å². The van der Waals surface area contributed by atoms with Crippen LogP contribution in [0.5, 0.6) is 0 Å². The van der Waals surface area contributed by atoms with Crippen LogP contribution in [0.1, 0.15) is 10.8 Å². The predicted octanol–water partition coefficient (Wildman–Crippen LogP) is 4.22. The average Bonchev–Trinajstić information content (AvgIpc) is 3.54. The standard InChI is InChI=1S/C24H22N4O3S/c29-23(27-13-16-30-17-14-27)21(18-8-3-1-4-9-18)32-24-26-25-22(20-12-7-15-31-20)28(24)19-10-5-2-6-11-19/h1-12,15,21H,13-14,16-17H2/t21-/m0/s1. The molecule has 0 N–H and O–H groups in total. The molecule has 1 aliphatic heterocycles. The van der Waals surface area contributed by atoms with Gasteiger partial charge in [-0.2, -0.15) is 0 Å². The third-order valence-electron chi connectivity index (χ3n) is 5.26. The number of amides is 1. The van der Waals surface area contributed by atoms with Crippen LogP contribution in [0.15, 0.2) is 88.6 Å². The van der Waals surface area contributed by atoms with E-state index in [0.29, 0.717) is 43.0 Å². The summed E-state index contributed by atoms with van der Waals surface area (Å²) in [5.74, 6) is 1.25. The molecular formula is C24H22N4O3S. The van der Waals surface area contributed by atoms with Crippen LogP contribution >= 0.6 is 11.8 Å². The zero-order valence-electron chi connectivity index (χ0n) is 17.3. The first-order valence-corrected chi connectivity index (χ1v) is 11.3. The van der Waals surface area contributed by atoms with Crippen LogP contribution in [0.25, 0.3) is 17.3 Å². The molecule has 4 aromatic rings. The summed E-state index contributed by atoms with van der Waals surface area (Å²) >= 11 is 1.40. The van der Waals surface area contributed by atoms with Crippen LogP contribution in [-0.4, -0.2) is 51.9 Å². The lowest BCUT2D eigenvalue weighted by Gasteiger charge is -2.30. The van der Waals surface area contributed by atoms with Crippen molar-refractivity contribution in [1.82, 2.24) is 19.7 Å². The lowest BCUT2D eigenvalue weighted by molar-refractivity contribution is -0.134. The van der Waals surface area contributed by atoms with Gasteiger partial charge in [0.05, 0.1) is 19.5 Å². The molecule has 2 aromatic heterocycles. The molecule has 7 nitrogen and oxygen atoms in total. The van der Waals surface area contributed by atoms with Gasteiger partial charge in [-0.3, -0.25) is 9.36 Å². The monoisotopic (exact) mass is 446 g/mol. The van der Waals surface area contributed by atoms with Gasteiger partial charge in [0, 0.05) is 18.8 Å². The summed E-state index contributed by atoms with van der Waals surface area (Å²) in [6.07, 6.45) is 1.61. The van der Waals surface area contributed by atoms with Gasteiger partial charge in [-0.15, -0.1) is 10.2 Å². The quantitative estimate of drug-likeness (QED) is 0.413. The third kappa shape index (κ3) is 4.19. The minimum Gasteiger partial charge on any atom is -0.461 e. The van der Waals surface area contributed by atoms with E-state index >= 15 is 0 Å². The minimum absolute atomic E-state index is 0.0478. The van der Waals surface area contributed by atoms with Crippen LogP contribution in [0.2, 0.25) is 0 Å². The fourth-order valence-electron chi connectivity index (χ4n) is 3.67. The Labute approximate surface area is 190 Å². The Morgan fingerprint density at radius 1 is 0.906 bits per heavy atom. The fraction of sp³-hybridized carbons (Fsp3) is 0.208. The highest BCUT2D eigenvalue weighted by atomic mass is 32.2. The number of rotatable bonds is 6. The lowest BCUT2D eigenvalue weighted by Crippen LogP contribution is -2.42. The highest BCUT2D eigenvalue weighted by Gasteiger charge is 2.31. The average molecular weight is 447 g/mol. The highest BCUT2D eigenvalue weighted by molar-refractivity contribution is 8.00. The van der Waals surface area contributed by atoms with Crippen molar-refractivity contribution >= 4 is 17.7 Å². The molecule has 1 saturated heterocycles. The molecule has 3 heterocycles. The van der Waals surface area contributed by atoms with E-state index in [1.807, 2.05) is 82.3 Å². The van der Waals surface area contributed by atoms with Crippen molar-refractivity contribution in [3.05, 3.63) is 84.6 Å². The van der Waals surface area contributed by atoms with E-state index in [1.165, 1.54) is 11.8 Å². The van der Waals surface area contributed by atoms with Crippen molar-refractivity contribution in [2.24, 2.45) is 0 Å². The number of aromatic nitrogens is 3.